The van der Waals surface area contributed by atoms with Gasteiger partial charge in [0.05, 0.1) is 12.5 Å². The minimum atomic E-state index is -1.32. The number of Topliss-reactive ketones (excluding diaryl/α,β-unsaturated/α-hetero) is 1. The van der Waals surface area contributed by atoms with Crippen LogP contribution < -0.4 is 5.32 Å². The summed E-state index contributed by atoms with van der Waals surface area (Å²) in [6, 6.07) is -0.0831. The van der Waals surface area contributed by atoms with Crippen molar-refractivity contribution in [2.24, 2.45) is 23.7 Å². The van der Waals surface area contributed by atoms with Crippen molar-refractivity contribution in [1.82, 2.24) is 5.32 Å². The number of aliphatic hydroxyl groups excluding tert-OH is 1. The largest absolute Gasteiger partial charge is 0.448 e. The molecule has 0 bridgehead atoms. The van der Waals surface area contributed by atoms with Gasteiger partial charge in [0.15, 0.2) is 0 Å². The van der Waals surface area contributed by atoms with Gasteiger partial charge in [0, 0.05) is 30.7 Å². The first-order valence-electron chi connectivity index (χ1n) is 11.1. The molecule has 6 heteroatoms. The number of aliphatic hydroxyl groups is 1. The van der Waals surface area contributed by atoms with E-state index in [1.165, 1.54) is 5.57 Å². The average Bonchev–Trinajstić information content (AvgIpc) is 2.88. The highest BCUT2D eigenvalue weighted by molar-refractivity contribution is 5.93. The number of ketones is 1. The van der Waals surface area contributed by atoms with Gasteiger partial charge in [-0.25, -0.2) is 0 Å². The summed E-state index contributed by atoms with van der Waals surface area (Å²) in [5.74, 6) is -1.07. The average molecular weight is 418 g/mol. The Morgan fingerprint density at radius 3 is 2.53 bits per heavy atom. The number of ether oxygens (including phenoxy) is 1. The molecule has 2 heterocycles. The molecule has 2 aliphatic heterocycles. The molecule has 1 spiro atoms. The van der Waals surface area contributed by atoms with Crippen molar-refractivity contribution in [2.75, 3.05) is 0 Å². The van der Waals surface area contributed by atoms with Crippen LogP contribution in [0.25, 0.3) is 0 Å². The summed E-state index contributed by atoms with van der Waals surface area (Å²) >= 11 is 0. The number of carbonyl (C=O) groups excluding carboxylic acids is 3. The maximum Gasteiger partial charge on any atom is 0.307 e. The molecule has 2 N–H and O–H groups in total. The Kier molecular flexibility index (Phi) is 6.56. The quantitative estimate of drug-likeness (QED) is 0.532. The summed E-state index contributed by atoms with van der Waals surface area (Å²) in [5, 5.41) is 13.4. The van der Waals surface area contributed by atoms with Gasteiger partial charge in [0.25, 0.3) is 5.91 Å². The van der Waals surface area contributed by atoms with E-state index in [1.807, 2.05) is 19.1 Å². The number of allylic oxidation sites excluding steroid dienone is 1. The molecule has 166 valence electrons. The highest BCUT2D eigenvalue weighted by Gasteiger charge is 2.64. The van der Waals surface area contributed by atoms with Crippen molar-refractivity contribution in [2.45, 2.75) is 84.5 Å². The maximum absolute atomic E-state index is 13.4. The molecule has 6 atom stereocenters. The molecule has 0 radical (unpaired) electrons. The highest BCUT2D eigenvalue weighted by atomic mass is 16.6. The van der Waals surface area contributed by atoms with Gasteiger partial charge in [-0.05, 0) is 38.5 Å². The standard InChI is InChI=1S/C24H35NO5/c1-13(2)8-20-22-16(5)15(4)11-17-9-14(3)10-19(27)12-18(26)6-7-21(28)30-24(17,22)23(29)25-20/h9,11,13,16-17,19-20,22,27H,6-8,10,12H2,1-5H3,(H,25,29)/t16-,17+,19-,20+,22+,24-/m1/s1. The molecule has 0 aromatic carbocycles. The minimum absolute atomic E-state index is 0.0194. The summed E-state index contributed by atoms with van der Waals surface area (Å²) in [6.45, 7) is 10.3. The van der Waals surface area contributed by atoms with Crippen LogP contribution in [-0.2, 0) is 19.1 Å². The zero-order valence-electron chi connectivity index (χ0n) is 18.7. The van der Waals surface area contributed by atoms with Gasteiger partial charge in [0.1, 0.15) is 5.78 Å². The van der Waals surface area contributed by atoms with Gasteiger partial charge in [-0.2, -0.15) is 0 Å². The summed E-state index contributed by atoms with van der Waals surface area (Å²) in [7, 11) is 0. The third-order valence-corrected chi connectivity index (χ3v) is 6.90. The summed E-state index contributed by atoms with van der Waals surface area (Å²) < 4.78 is 6.05. The van der Waals surface area contributed by atoms with Crippen LogP contribution in [0, 0.1) is 23.7 Å². The van der Waals surface area contributed by atoms with Crippen LogP contribution in [-0.4, -0.2) is 40.5 Å². The molecule has 6 nitrogen and oxygen atoms in total. The maximum atomic E-state index is 13.4. The van der Waals surface area contributed by atoms with E-state index in [4.69, 9.17) is 4.74 Å². The lowest BCUT2D eigenvalue weighted by Crippen LogP contribution is -2.56. The molecule has 3 rings (SSSR count). The molecular formula is C24H35NO5. The number of nitrogens with one attached hydrogen (secondary N) is 1. The number of esters is 1. The zero-order valence-corrected chi connectivity index (χ0v) is 18.7. The summed E-state index contributed by atoms with van der Waals surface area (Å²) in [6.07, 6.45) is 4.34. The van der Waals surface area contributed by atoms with Crippen LogP contribution in [0.15, 0.2) is 23.3 Å². The fraction of sp³-hybridized carbons (Fsp3) is 0.708. The van der Waals surface area contributed by atoms with Crippen molar-refractivity contribution >= 4 is 17.7 Å². The second-order valence-electron chi connectivity index (χ2n) is 9.84. The molecule has 3 aliphatic rings. The molecule has 30 heavy (non-hydrogen) atoms. The molecule has 1 amide bonds. The first-order valence-corrected chi connectivity index (χ1v) is 11.1. The van der Waals surface area contributed by atoms with E-state index in [0.717, 1.165) is 12.0 Å². The molecule has 0 unspecified atom stereocenters. The van der Waals surface area contributed by atoms with Crippen molar-refractivity contribution in [3.8, 4) is 0 Å². The van der Waals surface area contributed by atoms with Gasteiger partial charge in [-0.15, -0.1) is 0 Å². The third-order valence-electron chi connectivity index (χ3n) is 6.90. The fourth-order valence-electron chi connectivity index (χ4n) is 5.49. The third kappa shape index (κ3) is 4.25. The van der Waals surface area contributed by atoms with Crippen LogP contribution in [0.1, 0.15) is 66.7 Å². The molecular weight excluding hydrogens is 382 g/mol. The number of hydrogen-bond acceptors (Lipinski definition) is 5. The fourth-order valence-corrected chi connectivity index (χ4v) is 5.49. The minimum Gasteiger partial charge on any atom is -0.448 e. The van der Waals surface area contributed by atoms with Crippen molar-refractivity contribution in [3.05, 3.63) is 23.3 Å². The Morgan fingerprint density at radius 2 is 1.87 bits per heavy atom. The lowest BCUT2D eigenvalue weighted by molar-refractivity contribution is -0.177. The van der Waals surface area contributed by atoms with E-state index in [2.05, 4.69) is 33.0 Å². The molecule has 1 saturated heterocycles. The van der Waals surface area contributed by atoms with Crippen LogP contribution >= 0.6 is 0 Å². The lowest BCUT2D eigenvalue weighted by Gasteiger charge is -2.45. The second-order valence-corrected chi connectivity index (χ2v) is 9.84. The molecule has 1 aliphatic carbocycles. The second kappa shape index (κ2) is 8.66. The summed E-state index contributed by atoms with van der Waals surface area (Å²) in [4.78, 5) is 38.4. The van der Waals surface area contributed by atoms with Crippen molar-refractivity contribution < 1.29 is 24.2 Å². The van der Waals surface area contributed by atoms with Gasteiger partial charge in [-0.1, -0.05) is 44.1 Å². The van der Waals surface area contributed by atoms with E-state index < -0.39 is 23.6 Å². The van der Waals surface area contributed by atoms with Crippen LogP contribution in [0.2, 0.25) is 0 Å². The van der Waals surface area contributed by atoms with Gasteiger partial charge >= 0.3 is 5.97 Å². The van der Waals surface area contributed by atoms with Gasteiger partial charge in [-0.3, -0.25) is 14.4 Å². The smallest absolute Gasteiger partial charge is 0.307 e. The SMILES string of the molecule is CC1=C[C@H]2C=C(C)[C@@H](C)[C@H]3[C@H](CC(C)C)NC(=O)[C@@]23OC(=O)CCC(=O)C[C@H](O)C1. The first kappa shape index (κ1) is 22.7. The zero-order chi connectivity index (χ0) is 22.2. The first-order chi connectivity index (χ1) is 14.0. The van der Waals surface area contributed by atoms with Crippen molar-refractivity contribution in [3.63, 3.8) is 0 Å². The van der Waals surface area contributed by atoms with Crippen molar-refractivity contribution in [1.29, 1.82) is 0 Å². The monoisotopic (exact) mass is 417 g/mol. The van der Waals surface area contributed by atoms with Crippen LogP contribution in [0.5, 0.6) is 0 Å². The number of amides is 1. The molecule has 1 fully saturated rings. The Bertz CT molecular complexity index is 782. The number of hydrogen-bond donors (Lipinski definition) is 2. The van der Waals surface area contributed by atoms with Gasteiger partial charge in [0.2, 0.25) is 5.60 Å². The predicted octanol–water partition coefficient (Wildman–Crippen LogP) is 3.09. The molecule has 0 aromatic heterocycles. The predicted molar refractivity (Wildman–Crippen MR) is 113 cm³/mol. The normalized spacial score (nSPS) is 37.8. The number of carbonyl (C=O) groups is 3. The summed E-state index contributed by atoms with van der Waals surface area (Å²) in [5.41, 5.74) is 0.742. The Hall–Kier alpha value is -1.95. The Labute approximate surface area is 179 Å². The Morgan fingerprint density at radius 1 is 1.17 bits per heavy atom. The number of rotatable bonds is 2. The van der Waals surface area contributed by atoms with E-state index >= 15 is 0 Å². The topological polar surface area (TPSA) is 92.7 Å². The van der Waals surface area contributed by atoms with E-state index in [0.29, 0.717) is 12.3 Å². The lowest BCUT2D eigenvalue weighted by atomic mass is 9.63. The van der Waals surface area contributed by atoms with Gasteiger partial charge < -0.3 is 15.2 Å². The molecule has 0 aromatic rings. The highest BCUT2D eigenvalue weighted by Crippen LogP contribution is 2.51. The van der Waals surface area contributed by atoms with E-state index in [-0.39, 0.29) is 48.8 Å². The molecule has 0 saturated carbocycles. The Balaban J connectivity index is 2.12. The van der Waals surface area contributed by atoms with Crippen LogP contribution in [0.4, 0.5) is 0 Å². The van der Waals surface area contributed by atoms with E-state index in [1.54, 1.807) is 0 Å². The van der Waals surface area contributed by atoms with Crippen LogP contribution in [0.3, 0.4) is 0 Å². The van der Waals surface area contributed by atoms with E-state index in [9.17, 15) is 19.5 Å².